The first-order chi connectivity index (χ1) is 15.6. The van der Waals surface area contributed by atoms with Gasteiger partial charge in [-0.05, 0) is 18.2 Å². The molecule has 0 spiro atoms. The van der Waals surface area contributed by atoms with Crippen LogP contribution in [-0.2, 0) is 6.18 Å². The monoisotopic (exact) mass is 487 g/mol. The highest BCUT2D eigenvalue weighted by molar-refractivity contribution is 6.31. The zero-order valence-electron chi connectivity index (χ0n) is 16.6. The zero-order valence-corrected chi connectivity index (χ0v) is 17.4. The molecule has 0 unspecified atom stereocenters. The summed E-state index contributed by atoms with van der Waals surface area (Å²) in [5, 5.41) is 10.6. The number of hydrogen-bond acceptors (Lipinski definition) is 6. The Labute approximate surface area is 188 Å². The van der Waals surface area contributed by atoms with Crippen molar-refractivity contribution < 1.29 is 26.7 Å². The Morgan fingerprint density at radius 3 is 2.48 bits per heavy atom. The summed E-state index contributed by atoms with van der Waals surface area (Å²) in [7, 11) is 0. The highest BCUT2D eigenvalue weighted by atomic mass is 35.5. The maximum absolute atomic E-state index is 14.6. The molecule has 1 aliphatic rings. The van der Waals surface area contributed by atoms with E-state index in [1.54, 1.807) is 0 Å². The minimum Gasteiger partial charge on any atom is -0.352 e. The third kappa shape index (κ3) is 4.72. The fraction of sp³-hybridized carbons (Fsp3) is 0.316. The van der Waals surface area contributed by atoms with Crippen molar-refractivity contribution >= 4 is 23.5 Å². The summed E-state index contributed by atoms with van der Waals surface area (Å²) in [6.07, 6.45) is -1.35. The molecule has 33 heavy (non-hydrogen) atoms. The lowest BCUT2D eigenvalue weighted by atomic mass is 10.1. The normalized spacial score (nSPS) is 17.9. The van der Waals surface area contributed by atoms with Crippen molar-refractivity contribution in [2.45, 2.75) is 24.6 Å². The van der Waals surface area contributed by atoms with E-state index in [0.29, 0.717) is 12.4 Å². The van der Waals surface area contributed by atoms with Gasteiger partial charge in [0.15, 0.2) is 0 Å². The van der Waals surface area contributed by atoms with Gasteiger partial charge >= 0.3 is 6.18 Å². The van der Waals surface area contributed by atoms with Gasteiger partial charge in [0.05, 0.1) is 29.2 Å². The molecule has 1 saturated heterocycles. The molecule has 3 aromatic rings. The van der Waals surface area contributed by atoms with E-state index in [9.17, 15) is 26.7 Å². The second-order valence-corrected chi connectivity index (χ2v) is 7.62. The first kappa shape index (κ1) is 22.8. The van der Waals surface area contributed by atoms with Crippen LogP contribution in [0.2, 0.25) is 5.02 Å². The Morgan fingerprint density at radius 1 is 1.18 bits per heavy atom. The van der Waals surface area contributed by atoms with Gasteiger partial charge in [-0.15, -0.1) is 0 Å². The molecular weight excluding hydrogens is 473 g/mol. The molecule has 3 heterocycles. The number of nitrogens with zero attached hydrogens (tertiary/aromatic N) is 6. The van der Waals surface area contributed by atoms with Crippen molar-refractivity contribution in [3.05, 3.63) is 59.1 Å². The molecule has 1 amide bonds. The predicted molar refractivity (Wildman–Crippen MR) is 106 cm³/mol. The Balaban J connectivity index is 1.57. The van der Waals surface area contributed by atoms with Crippen molar-refractivity contribution in [2.75, 3.05) is 18.4 Å². The largest absolute Gasteiger partial charge is 0.419 e. The van der Waals surface area contributed by atoms with Crippen LogP contribution >= 0.6 is 11.6 Å². The number of hydrogen-bond donors (Lipinski definition) is 1. The quantitative estimate of drug-likeness (QED) is 0.552. The highest BCUT2D eigenvalue weighted by Crippen LogP contribution is 2.36. The molecule has 1 aliphatic heterocycles. The molecule has 174 valence electrons. The minimum absolute atomic E-state index is 0.0205. The molecular formula is C19H15ClF5N7O. The Morgan fingerprint density at radius 2 is 1.85 bits per heavy atom. The lowest BCUT2D eigenvalue weighted by Gasteiger charge is -2.28. The number of halogens is 6. The standard InChI is InChI=1S/C19H15ClF5N7O/c20-12-1-2-14(32-29-4-5-30-32)13(7-12)16(33)31-6-3-18(21,22)15(31)10-28-17-26-8-11(9-27-17)19(23,24)25/h1-2,4-5,7-9,15H,3,6,10H2,(H,26,27,28)/t15-/m1/s1. The van der Waals surface area contributed by atoms with Crippen LogP contribution in [0.1, 0.15) is 22.3 Å². The summed E-state index contributed by atoms with van der Waals surface area (Å²) < 4.78 is 67.2. The van der Waals surface area contributed by atoms with Crippen molar-refractivity contribution in [2.24, 2.45) is 0 Å². The molecule has 1 N–H and O–H groups in total. The molecule has 1 atom stereocenters. The minimum atomic E-state index is -4.63. The van der Waals surface area contributed by atoms with E-state index in [0.717, 1.165) is 4.90 Å². The van der Waals surface area contributed by atoms with E-state index in [1.807, 2.05) is 0 Å². The number of alkyl halides is 5. The van der Waals surface area contributed by atoms with E-state index < -0.39 is 42.6 Å². The number of nitrogens with one attached hydrogen (secondary N) is 1. The van der Waals surface area contributed by atoms with Crippen molar-refractivity contribution in [1.29, 1.82) is 0 Å². The lowest BCUT2D eigenvalue weighted by Crippen LogP contribution is -2.47. The molecule has 4 rings (SSSR count). The van der Waals surface area contributed by atoms with Crippen LogP contribution in [0.5, 0.6) is 0 Å². The molecule has 8 nitrogen and oxygen atoms in total. The number of benzene rings is 1. The van der Waals surface area contributed by atoms with Crippen LogP contribution in [-0.4, -0.2) is 60.8 Å². The van der Waals surface area contributed by atoms with Crippen LogP contribution in [0.3, 0.4) is 0 Å². The van der Waals surface area contributed by atoms with Gasteiger partial charge in [0.1, 0.15) is 6.04 Å². The van der Waals surface area contributed by atoms with Gasteiger partial charge in [-0.3, -0.25) is 4.79 Å². The van der Waals surface area contributed by atoms with Crippen molar-refractivity contribution in [1.82, 2.24) is 29.9 Å². The van der Waals surface area contributed by atoms with Crippen LogP contribution < -0.4 is 5.32 Å². The number of carbonyl (C=O) groups is 1. The average molecular weight is 488 g/mol. The maximum Gasteiger partial charge on any atom is 0.419 e. The van der Waals surface area contributed by atoms with Crippen molar-refractivity contribution in [3.8, 4) is 5.69 Å². The molecule has 14 heteroatoms. The smallest absolute Gasteiger partial charge is 0.352 e. The summed E-state index contributed by atoms with van der Waals surface area (Å²) in [5.41, 5.74) is -0.800. The first-order valence-corrected chi connectivity index (χ1v) is 9.92. The molecule has 0 saturated carbocycles. The molecule has 1 fully saturated rings. The number of anilines is 1. The number of rotatable bonds is 5. The second-order valence-electron chi connectivity index (χ2n) is 7.18. The molecule has 2 aromatic heterocycles. The molecule has 0 bridgehead atoms. The number of amides is 1. The topological polar surface area (TPSA) is 88.8 Å². The number of likely N-dealkylation sites (tertiary alicyclic amines) is 1. The van der Waals surface area contributed by atoms with E-state index >= 15 is 0 Å². The van der Waals surface area contributed by atoms with Crippen LogP contribution in [0.15, 0.2) is 43.0 Å². The second kappa shape index (κ2) is 8.54. The third-order valence-electron chi connectivity index (χ3n) is 5.07. The van der Waals surface area contributed by atoms with E-state index in [2.05, 4.69) is 25.5 Å². The predicted octanol–water partition coefficient (Wildman–Crippen LogP) is 3.69. The first-order valence-electron chi connectivity index (χ1n) is 9.54. The SMILES string of the molecule is O=C(c1cc(Cl)ccc1-n1nccn1)N1CCC(F)(F)[C@H]1CNc1ncc(C(F)(F)F)cn1. The molecule has 0 aliphatic carbocycles. The zero-order chi connectivity index (χ0) is 23.8. The van der Waals surface area contributed by atoms with Crippen LogP contribution in [0, 0.1) is 0 Å². The molecule has 0 radical (unpaired) electrons. The fourth-order valence-electron chi connectivity index (χ4n) is 3.43. The van der Waals surface area contributed by atoms with Gasteiger partial charge in [-0.1, -0.05) is 11.6 Å². The summed E-state index contributed by atoms with van der Waals surface area (Å²) in [5.74, 6) is -4.25. The van der Waals surface area contributed by atoms with Gasteiger partial charge in [-0.2, -0.15) is 28.2 Å². The summed E-state index contributed by atoms with van der Waals surface area (Å²) in [4.78, 5) is 22.4. The third-order valence-corrected chi connectivity index (χ3v) is 5.30. The Hall–Kier alpha value is -3.35. The van der Waals surface area contributed by atoms with Crippen LogP contribution in [0.4, 0.5) is 27.9 Å². The summed E-state index contributed by atoms with van der Waals surface area (Å²) >= 11 is 6.03. The maximum atomic E-state index is 14.6. The summed E-state index contributed by atoms with van der Waals surface area (Å²) in [6, 6.07) is 2.74. The van der Waals surface area contributed by atoms with E-state index in [-0.39, 0.29) is 28.8 Å². The number of aromatic nitrogens is 5. The Bertz CT molecular complexity index is 1140. The van der Waals surface area contributed by atoms with Gasteiger partial charge in [0.25, 0.3) is 11.8 Å². The Kier molecular flexibility index (Phi) is 5.91. The van der Waals surface area contributed by atoms with E-state index in [1.165, 1.54) is 35.4 Å². The van der Waals surface area contributed by atoms with Gasteiger partial charge in [0, 0.05) is 36.9 Å². The number of carbonyl (C=O) groups excluding carboxylic acids is 1. The van der Waals surface area contributed by atoms with Gasteiger partial charge in [0.2, 0.25) is 5.95 Å². The van der Waals surface area contributed by atoms with Crippen molar-refractivity contribution in [3.63, 3.8) is 0 Å². The lowest BCUT2D eigenvalue weighted by molar-refractivity contribution is -0.138. The van der Waals surface area contributed by atoms with Gasteiger partial charge in [-0.25, -0.2) is 18.7 Å². The molecule has 1 aromatic carbocycles. The van der Waals surface area contributed by atoms with E-state index in [4.69, 9.17) is 11.6 Å². The highest BCUT2D eigenvalue weighted by Gasteiger charge is 2.51. The van der Waals surface area contributed by atoms with Crippen LogP contribution in [0.25, 0.3) is 5.69 Å². The summed E-state index contributed by atoms with van der Waals surface area (Å²) in [6.45, 7) is -0.732. The average Bonchev–Trinajstić information content (AvgIpc) is 3.39. The van der Waals surface area contributed by atoms with Gasteiger partial charge < -0.3 is 10.2 Å². The fourth-order valence-corrected chi connectivity index (χ4v) is 3.60.